The normalized spacial score (nSPS) is 18.1. The zero-order chi connectivity index (χ0) is 13.1. The SMILES string of the molecule is COC(=O)CNC(=O)N1CCn2cccc2C1C. The van der Waals surface area contributed by atoms with Gasteiger partial charge >= 0.3 is 12.0 Å². The Morgan fingerprint density at radius 1 is 1.50 bits per heavy atom. The third-order valence-corrected chi connectivity index (χ3v) is 3.21. The highest BCUT2D eigenvalue weighted by molar-refractivity contribution is 5.81. The van der Waals surface area contributed by atoms with Gasteiger partial charge in [0.05, 0.1) is 13.2 Å². The first-order valence-electron chi connectivity index (χ1n) is 5.90. The number of carbonyl (C=O) groups is 2. The highest BCUT2D eigenvalue weighted by Crippen LogP contribution is 2.24. The van der Waals surface area contributed by atoms with Crippen LogP contribution in [0, 0.1) is 0 Å². The number of amides is 2. The molecule has 2 rings (SSSR count). The molecule has 0 saturated carbocycles. The molecule has 2 amide bonds. The third kappa shape index (κ3) is 2.32. The van der Waals surface area contributed by atoms with Crippen molar-refractivity contribution in [2.45, 2.75) is 19.5 Å². The summed E-state index contributed by atoms with van der Waals surface area (Å²) in [6, 6.07) is 3.75. The first-order valence-corrected chi connectivity index (χ1v) is 5.90. The van der Waals surface area contributed by atoms with Crippen LogP contribution >= 0.6 is 0 Å². The van der Waals surface area contributed by atoms with Crippen molar-refractivity contribution in [3.63, 3.8) is 0 Å². The fourth-order valence-electron chi connectivity index (χ4n) is 2.18. The standard InChI is InChI=1S/C12H17N3O3/c1-9-10-4-3-5-14(10)6-7-15(9)12(17)13-8-11(16)18-2/h3-5,9H,6-8H2,1-2H3,(H,13,17). The van der Waals surface area contributed by atoms with Crippen LogP contribution in [0.1, 0.15) is 18.7 Å². The molecule has 0 aromatic carbocycles. The Balaban J connectivity index is 1.98. The van der Waals surface area contributed by atoms with Gasteiger partial charge in [-0.15, -0.1) is 0 Å². The van der Waals surface area contributed by atoms with Crippen LogP contribution in [-0.2, 0) is 16.1 Å². The number of fused-ring (bicyclic) bond motifs is 1. The number of hydrogen-bond acceptors (Lipinski definition) is 3. The van der Waals surface area contributed by atoms with E-state index in [1.807, 2.05) is 25.3 Å². The van der Waals surface area contributed by atoms with E-state index >= 15 is 0 Å². The number of rotatable bonds is 2. The number of urea groups is 1. The number of ether oxygens (including phenoxy) is 1. The van der Waals surface area contributed by atoms with Crippen molar-refractivity contribution >= 4 is 12.0 Å². The maximum absolute atomic E-state index is 12.0. The van der Waals surface area contributed by atoms with Gasteiger partial charge in [0.15, 0.2) is 0 Å². The molecule has 18 heavy (non-hydrogen) atoms. The lowest BCUT2D eigenvalue weighted by Crippen LogP contribution is -2.47. The minimum absolute atomic E-state index is 0.00592. The minimum atomic E-state index is -0.448. The van der Waals surface area contributed by atoms with Gasteiger partial charge in [0, 0.05) is 25.0 Å². The molecule has 0 aliphatic carbocycles. The number of esters is 1. The van der Waals surface area contributed by atoms with Gasteiger partial charge in [-0.05, 0) is 19.1 Å². The van der Waals surface area contributed by atoms with Gasteiger partial charge in [0.2, 0.25) is 0 Å². The molecule has 0 fully saturated rings. The number of hydrogen-bond donors (Lipinski definition) is 1. The average molecular weight is 251 g/mol. The van der Waals surface area contributed by atoms with E-state index in [4.69, 9.17) is 0 Å². The summed E-state index contributed by atoms with van der Waals surface area (Å²) in [5.41, 5.74) is 1.11. The molecule has 0 spiro atoms. The Kier molecular flexibility index (Phi) is 3.55. The van der Waals surface area contributed by atoms with Crippen LogP contribution in [0.15, 0.2) is 18.3 Å². The van der Waals surface area contributed by atoms with Gasteiger partial charge < -0.3 is 19.5 Å². The van der Waals surface area contributed by atoms with Crippen molar-refractivity contribution in [1.82, 2.24) is 14.8 Å². The summed E-state index contributed by atoms with van der Waals surface area (Å²) in [5, 5.41) is 2.56. The van der Waals surface area contributed by atoms with E-state index in [0.717, 1.165) is 12.2 Å². The van der Waals surface area contributed by atoms with E-state index in [1.165, 1.54) is 7.11 Å². The molecule has 0 saturated heterocycles. The number of aromatic nitrogens is 1. The molecule has 0 bridgehead atoms. The van der Waals surface area contributed by atoms with Gasteiger partial charge in [-0.25, -0.2) is 4.79 Å². The van der Waals surface area contributed by atoms with E-state index < -0.39 is 5.97 Å². The summed E-state index contributed by atoms with van der Waals surface area (Å²) in [5.74, 6) is -0.448. The lowest BCUT2D eigenvalue weighted by atomic mass is 10.1. The van der Waals surface area contributed by atoms with Crippen molar-refractivity contribution in [3.05, 3.63) is 24.0 Å². The lowest BCUT2D eigenvalue weighted by molar-refractivity contribution is -0.139. The molecule has 1 aliphatic heterocycles. The van der Waals surface area contributed by atoms with Gasteiger partial charge in [0.25, 0.3) is 0 Å². The van der Waals surface area contributed by atoms with Crippen molar-refractivity contribution in [1.29, 1.82) is 0 Å². The first-order chi connectivity index (χ1) is 8.63. The maximum Gasteiger partial charge on any atom is 0.325 e. The summed E-state index contributed by atoms with van der Waals surface area (Å²) >= 11 is 0. The second-order valence-electron chi connectivity index (χ2n) is 4.23. The zero-order valence-electron chi connectivity index (χ0n) is 10.5. The Hall–Kier alpha value is -1.98. The smallest absolute Gasteiger partial charge is 0.325 e. The maximum atomic E-state index is 12.0. The number of nitrogens with zero attached hydrogens (tertiary/aromatic N) is 2. The molecule has 2 heterocycles. The molecule has 98 valence electrons. The predicted octanol–water partition coefficient (Wildman–Crippen LogP) is 0.747. The van der Waals surface area contributed by atoms with Crippen LogP contribution < -0.4 is 5.32 Å². The van der Waals surface area contributed by atoms with Crippen LogP contribution in [-0.4, -0.2) is 41.7 Å². The number of carbonyl (C=O) groups excluding carboxylic acids is 2. The Labute approximate surface area is 106 Å². The van der Waals surface area contributed by atoms with Crippen LogP contribution in [0.3, 0.4) is 0 Å². The van der Waals surface area contributed by atoms with E-state index in [0.29, 0.717) is 6.54 Å². The van der Waals surface area contributed by atoms with Crippen molar-refractivity contribution in [3.8, 4) is 0 Å². The minimum Gasteiger partial charge on any atom is -0.468 e. The Morgan fingerprint density at radius 3 is 3.00 bits per heavy atom. The van der Waals surface area contributed by atoms with E-state index in [2.05, 4.69) is 14.6 Å². The van der Waals surface area contributed by atoms with Crippen LogP contribution in [0.2, 0.25) is 0 Å². The first kappa shape index (κ1) is 12.5. The lowest BCUT2D eigenvalue weighted by Gasteiger charge is -2.34. The molecule has 1 unspecified atom stereocenters. The summed E-state index contributed by atoms with van der Waals surface area (Å²) < 4.78 is 6.62. The zero-order valence-corrected chi connectivity index (χ0v) is 10.5. The summed E-state index contributed by atoms with van der Waals surface area (Å²) in [6.07, 6.45) is 2.01. The molecular formula is C12H17N3O3. The molecular weight excluding hydrogens is 234 g/mol. The Bertz CT molecular complexity index is 455. The highest BCUT2D eigenvalue weighted by Gasteiger charge is 2.27. The third-order valence-electron chi connectivity index (χ3n) is 3.21. The van der Waals surface area contributed by atoms with Crippen LogP contribution in [0.4, 0.5) is 4.79 Å². The van der Waals surface area contributed by atoms with E-state index in [1.54, 1.807) is 4.90 Å². The molecule has 1 aliphatic rings. The van der Waals surface area contributed by atoms with Crippen molar-refractivity contribution < 1.29 is 14.3 Å². The average Bonchev–Trinajstić information content (AvgIpc) is 2.85. The van der Waals surface area contributed by atoms with Gasteiger partial charge in [-0.1, -0.05) is 0 Å². The summed E-state index contributed by atoms with van der Waals surface area (Å²) in [4.78, 5) is 24.7. The molecule has 1 aromatic heterocycles. The molecule has 1 atom stereocenters. The van der Waals surface area contributed by atoms with Crippen molar-refractivity contribution in [2.75, 3.05) is 20.2 Å². The fraction of sp³-hybridized carbons (Fsp3) is 0.500. The Morgan fingerprint density at radius 2 is 2.28 bits per heavy atom. The molecule has 1 N–H and O–H groups in total. The van der Waals surface area contributed by atoms with Crippen LogP contribution in [0.5, 0.6) is 0 Å². The monoisotopic (exact) mass is 251 g/mol. The molecule has 6 nitrogen and oxygen atoms in total. The summed E-state index contributed by atoms with van der Waals surface area (Å²) in [6.45, 7) is 3.29. The van der Waals surface area contributed by atoms with Crippen molar-refractivity contribution in [2.24, 2.45) is 0 Å². The molecule has 1 aromatic rings. The van der Waals surface area contributed by atoms with E-state index in [-0.39, 0.29) is 18.6 Å². The number of nitrogens with one attached hydrogen (secondary N) is 1. The quantitative estimate of drug-likeness (QED) is 0.789. The topological polar surface area (TPSA) is 63.6 Å². The van der Waals surface area contributed by atoms with Gasteiger partial charge in [0.1, 0.15) is 6.54 Å². The summed E-state index contributed by atoms with van der Waals surface area (Å²) in [7, 11) is 1.30. The second kappa shape index (κ2) is 5.12. The largest absolute Gasteiger partial charge is 0.468 e. The predicted molar refractivity (Wildman–Crippen MR) is 65.0 cm³/mol. The van der Waals surface area contributed by atoms with Crippen LogP contribution in [0.25, 0.3) is 0 Å². The molecule has 0 radical (unpaired) electrons. The highest BCUT2D eigenvalue weighted by atomic mass is 16.5. The fourth-order valence-corrected chi connectivity index (χ4v) is 2.18. The second-order valence-corrected chi connectivity index (χ2v) is 4.23. The number of methoxy groups -OCH3 is 1. The van der Waals surface area contributed by atoms with E-state index in [9.17, 15) is 9.59 Å². The molecule has 6 heteroatoms. The van der Waals surface area contributed by atoms with Gasteiger partial charge in [-0.3, -0.25) is 4.79 Å². The van der Waals surface area contributed by atoms with Gasteiger partial charge in [-0.2, -0.15) is 0 Å².